The predicted molar refractivity (Wildman–Crippen MR) is 112 cm³/mol. The Morgan fingerprint density at radius 1 is 1.14 bits per heavy atom. The fourth-order valence-electron chi connectivity index (χ4n) is 3.35. The van der Waals surface area contributed by atoms with E-state index in [2.05, 4.69) is 12.2 Å². The van der Waals surface area contributed by atoms with Crippen molar-refractivity contribution in [3.63, 3.8) is 0 Å². The van der Waals surface area contributed by atoms with Gasteiger partial charge in [0.05, 0.1) is 11.1 Å². The van der Waals surface area contributed by atoms with Crippen LogP contribution < -0.4 is 15.0 Å². The van der Waals surface area contributed by atoms with Crippen molar-refractivity contribution in [1.82, 2.24) is 0 Å². The van der Waals surface area contributed by atoms with E-state index in [9.17, 15) is 9.59 Å². The third-order valence-corrected chi connectivity index (χ3v) is 4.99. The summed E-state index contributed by atoms with van der Waals surface area (Å²) >= 11 is 0. The van der Waals surface area contributed by atoms with E-state index in [1.807, 2.05) is 51.1 Å². The molecule has 0 radical (unpaired) electrons. The molecule has 0 unspecified atom stereocenters. The van der Waals surface area contributed by atoms with E-state index < -0.39 is 5.41 Å². The summed E-state index contributed by atoms with van der Waals surface area (Å²) in [6.07, 6.45) is 2.09. The van der Waals surface area contributed by atoms with Gasteiger partial charge in [0.25, 0.3) is 5.91 Å². The summed E-state index contributed by atoms with van der Waals surface area (Å²) < 4.78 is 5.92. The normalized spacial score (nSPS) is 15.4. The lowest BCUT2D eigenvalue weighted by Crippen LogP contribution is -2.42. The molecule has 0 saturated heterocycles. The highest BCUT2D eigenvalue weighted by Crippen LogP contribution is 2.38. The molecular formula is C23H28N2O3. The standard InChI is InChI=1S/C23H28N2O3/c1-5-7-16-8-10-17(11-9-16)21(26)24-18-12-13-19-20(14-18)28-15-23(3,4)22(27)25(19)6-2/h8-14H,5-7,15H2,1-4H3,(H,24,26). The van der Waals surface area contributed by atoms with E-state index >= 15 is 0 Å². The van der Waals surface area contributed by atoms with Gasteiger partial charge in [-0.3, -0.25) is 9.59 Å². The van der Waals surface area contributed by atoms with Crippen molar-refractivity contribution >= 4 is 23.2 Å². The van der Waals surface area contributed by atoms with Crippen LogP contribution in [0.2, 0.25) is 0 Å². The number of nitrogens with zero attached hydrogens (tertiary/aromatic N) is 1. The molecule has 1 aliphatic heterocycles. The molecule has 5 heteroatoms. The molecule has 3 rings (SSSR count). The summed E-state index contributed by atoms with van der Waals surface area (Å²) in [4.78, 5) is 27.1. The van der Waals surface area contributed by atoms with Crippen molar-refractivity contribution in [1.29, 1.82) is 0 Å². The first-order valence-electron chi connectivity index (χ1n) is 9.85. The molecule has 0 fully saturated rings. The summed E-state index contributed by atoms with van der Waals surface area (Å²) in [5, 5.41) is 2.92. The molecule has 2 aromatic rings. The fraction of sp³-hybridized carbons (Fsp3) is 0.391. The highest BCUT2D eigenvalue weighted by atomic mass is 16.5. The van der Waals surface area contributed by atoms with Crippen LogP contribution in [0, 0.1) is 5.41 Å². The van der Waals surface area contributed by atoms with Gasteiger partial charge < -0.3 is 15.0 Å². The van der Waals surface area contributed by atoms with Crippen LogP contribution in [0.4, 0.5) is 11.4 Å². The minimum Gasteiger partial charge on any atom is -0.490 e. The Bertz CT molecular complexity index is 872. The molecule has 148 valence electrons. The molecule has 1 heterocycles. The van der Waals surface area contributed by atoms with Gasteiger partial charge in [0.15, 0.2) is 0 Å². The van der Waals surface area contributed by atoms with Gasteiger partial charge >= 0.3 is 0 Å². The van der Waals surface area contributed by atoms with Gasteiger partial charge in [-0.05, 0) is 57.0 Å². The number of aryl methyl sites for hydroxylation is 1. The van der Waals surface area contributed by atoms with Crippen LogP contribution in [-0.4, -0.2) is 25.0 Å². The molecule has 0 aliphatic carbocycles. The lowest BCUT2D eigenvalue weighted by atomic mass is 9.93. The molecule has 0 saturated carbocycles. The first-order valence-corrected chi connectivity index (χ1v) is 9.85. The summed E-state index contributed by atoms with van der Waals surface area (Å²) in [6.45, 7) is 8.71. The van der Waals surface area contributed by atoms with Crippen LogP contribution in [0.1, 0.15) is 50.0 Å². The predicted octanol–water partition coefficient (Wildman–Crippen LogP) is 4.66. The van der Waals surface area contributed by atoms with Crippen molar-refractivity contribution in [3.8, 4) is 5.75 Å². The van der Waals surface area contributed by atoms with Crippen LogP contribution in [0.25, 0.3) is 0 Å². The third kappa shape index (κ3) is 4.03. The van der Waals surface area contributed by atoms with Crippen LogP contribution >= 0.6 is 0 Å². The summed E-state index contributed by atoms with van der Waals surface area (Å²) in [6, 6.07) is 13.1. The van der Waals surface area contributed by atoms with E-state index in [0.717, 1.165) is 18.5 Å². The maximum absolute atomic E-state index is 12.8. The van der Waals surface area contributed by atoms with Crippen LogP contribution in [0.3, 0.4) is 0 Å². The molecular weight excluding hydrogens is 352 g/mol. The molecule has 2 aromatic carbocycles. The average molecular weight is 380 g/mol. The topological polar surface area (TPSA) is 58.6 Å². The first kappa shape index (κ1) is 19.9. The highest BCUT2D eigenvalue weighted by molar-refractivity contribution is 6.05. The number of ether oxygens (including phenoxy) is 1. The second kappa shape index (κ2) is 8.05. The summed E-state index contributed by atoms with van der Waals surface area (Å²) in [5.74, 6) is 0.481. The lowest BCUT2D eigenvalue weighted by molar-refractivity contribution is -0.127. The average Bonchev–Trinajstić information content (AvgIpc) is 2.77. The summed E-state index contributed by atoms with van der Waals surface area (Å²) in [7, 11) is 0. The zero-order chi connectivity index (χ0) is 20.3. The van der Waals surface area contributed by atoms with Crippen molar-refractivity contribution < 1.29 is 14.3 Å². The first-order chi connectivity index (χ1) is 13.4. The van der Waals surface area contributed by atoms with Gasteiger partial charge in [0, 0.05) is 23.9 Å². The number of hydrogen-bond donors (Lipinski definition) is 1. The number of nitrogens with one attached hydrogen (secondary N) is 1. The Labute approximate surface area is 166 Å². The Kier molecular flexibility index (Phi) is 5.73. The number of hydrogen-bond acceptors (Lipinski definition) is 3. The zero-order valence-corrected chi connectivity index (χ0v) is 17.0. The van der Waals surface area contributed by atoms with E-state index in [-0.39, 0.29) is 11.8 Å². The number of rotatable bonds is 5. The Morgan fingerprint density at radius 3 is 2.50 bits per heavy atom. The largest absolute Gasteiger partial charge is 0.490 e. The van der Waals surface area contributed by atoms with Crippen molar-refractivity contribution in [3.05, 3.63) is 53.6 Å². The van der Waals surface area contributed by atoms with E-state index in [0.29, 0.717) is 30.2 Å². The second-order valence-corrected chi connectivity index (χ2v) is 7.81. The Hall–Kier alpha value is -2.82. The van der Waals surface area contributed by atoms with Gasteiger partial charge in [0.1, 0.15) is 12.4 Å². The van der Waals surface area contributed by atoms with E-state index in [1.165, 1.54) is 5.56 Å². The van der Waals surface area contributed by atoms with Crippen molar-refractivity contribution in [2.24, 2.45) is 5.41 Å². The van der Waals surface area contributed by atoms with Crippen LogP contribution in [0.15, 0.2) is 42.5 Å². The van der Waals surface area contributed by atoms with Crippen LogP contribution in [-0.2, 0) is 11.2 Å². The maximum atomic E-state index is 12.8. The van der Waals surface area contributed by atoms with Crippen molar-refractivity contribution in [2.45, 2.75) is 40.5 Å². The maximum Gasteiger partial charge on any atom is 0.255 e. The number of carbonyl (C=O) groups is 2. The van der Waals surface area contributed by atoms with Gasteiger partial charge in [-0.1, -0.05) is 25.5 Å². The number of anilines is 2. The highest BCUT2D eigenvalue weighted by Gasteiger charge is 2.37. The van der Waals surface area contributed by atoms with E-state index in [1.54, 1.807) is 17.0 Å². The third-order valence-electron chi connectivity index (χ3n) is 4.99. The minimum absolute atomic E-state index is 0.0395. The number of benzene rings is 2. The summed E-state index contributed by atoms with van der Waals surface area (Å²) in [5.41, 5.74) is 2.62. The quantitative estimate of drug-likeness (QED) is 0.820. The molecule has 0 spiro atoms. The lowest BCUT2D eigenvalue weighted by Gasteiger charge is -2.26. The number of amides is 2. The molecule has 2 amide bonds. The Morgan fingerprint density at radius 2 is 1.86 bits per heavy atom. The molecule has 5 nitrogen and oxygen atoms in total. The van der Waals surface area contributed by atoms with Crippen LogP contribution in [0.5, 0.6) is 5.75 Å². The molecule has 1 aliphatic rings. The second-order valence-electron chi connectivity index (χ2n) is 7.81. The van der Waals surface area contributed by atoms with E-state index in [4.69, 9.17) is 4.74 Å². The minimum atomic E-state index is -0.599. The number of carbonyl (C=O) groups excluding carboxylic acids is 2. The monoisotopic (exact) mass is 380 g/mol. The zero-order valence-electron chi connectivity index (χ0n) is 17.0. The molecule has 28 heavy (non-hydrogen) atoms. The van der Waals surface area contributed by atoms with Gasteiger partial charge in [0.2, 0.25) is 5.91 Å². The SMILES string of the molecule is CCCc1ccc(C(=O)Nc2ccc3c(c2)OCC(C)(C)C(=O)N3CC)cc1. The smallest absolute Gasteiger partial charge is 0.255 e. The Balaban J connectivity index is 1.81. The van der Waals surface area contributed by atoms with Gasteiger partial charge in [-0.2, -0.15) is 0 Å². The molecule has 0 bridgehead atoms. The van der Waals surface area contributed by atoms with Gasteiger partial charge in [-0.25, -0.2) is 0 Å². The molecule has 1 N–H and O–H groups in total. The number of fused-ring (bicyclic) bond motifs is 1. The molecule has 0 aromatic heterocycles. The van der Waals surface area contributed by atoms with Crippen molar-refractivity contribution in [2.75, 3.05) is 23.4 Å². The van der Waals surface area contributed by atoms with Gasteiger partial charge in [-0.15, -0.1) is 0 Å². The molecule has 0 atom stereocenters. The fourth-order valence-corrected chi connectivity index (χ4v) is 3.35.